The summed E-state index contributed by atoms with van der Waals surface area (Å²) in [5, 5.41) is 0. The summed E-state index contributed by atoms with van der Waals surface area (Å²) >= 11 is 0. The van der Waals surface area contributed by atoms with Crippen molar-refractivity contribution in [2.24, 2.45) is 0 Å². The minimum atomic E-state index is 0.617. The zero-order valence-corrected chi connectivity index (χ0v) is 8.35. The molecule has 0 saturated carbocycles. The predicted octanol–water partition coefficient (Wildman–Crippen LogP) is 3.53. The molecular weight excluding hydrogens is 148 g/mol. The van der Waals surface area contributed by atoms with Crippen LogP contribution in [0.4, 0.5) is 0 Å². The fourth-order valence-corrected chi connectivity index (χ4v) is 1.85. The van der Waals surface area contributed by atoms with Crippen LogP contribution in [0.1, 0.15) is 58.3 Å². The van der Waals surface area contributed by atoms with Crippen LogP contribution in [0.15, 0.2) is 0 Å². The van der Waals surface area contributed by atoms with E-state index in [-0.39, 0.29) is 0 Å². The molecule has 0 aromatic rings. The zero-order chi connectivity index (χ0) is 8.65. The third-order valence-corrected chi connectivity index (χ3v) is 2.65. The summed E-state index contributed by atoms with van der Waals surface area (Å²) in [7, 11) is 0. The molecule has 0 unspecified atom stereocenters. The topological polar surface area (TPSA) is 9.23 Å². The minimum Gasteiger partial charge on any atom is -0.378 e. The summed E-state index contributed by atoms with van der Waals surface area (Å²) in [6.07, 6.45) is 11.5. The monoisotopic (exact) mass is 170 g/mol. The molecule has 1 aliphatic heterocycles. The van der Waals surface area contributed by atoms with E-state index in [2.05, 4.69) is 6.92 Å². The van der Waals surface area contributed by atoms with Gasteiger partial charge in [0.25, 0.3) is 0 Å². The van der Waals surface area contributed by atoms with E-state index in [1.165, 1.54) is 51.4 Å². The van der Waals surface area contributed by atoms with Gasteiger partial charge < -0.3 is 4.74 Å². The van der Waals surface area contributed by atoms with Crippen LogP contribution in [-0.4, -0.2) is 12.7 Å². The highest BCUT2D eigenvalue weighted by Crippen LogP contribution is 2.18. The first-order chi connectivity index (χ1) is 5.93. The second-order valence-electron chi connectivity index (χ2n) is 3.84. The van der Waals surface area contributed by atoms with Gasteiger partial charge in [-0.2, -0.15) is 0 Å². The molecule has 0 bridgehead atoms. The van der Waals surface area contributed by atoms with Gasteiger partial charge in [0.1, 0.15) is 0 Å². The number of ether oxygens (including phenoxy) is 1. The van der Waals surface area contributed by atoms with Gasteiger partial charge in [-0.3, -0.25) is 0 Å². The van der Waals surface area contributed by atoms with Gasteiger partial charge in [0, 0.05) is 6.61 Å². The molecule has 1 aliphatic rings. The second kappa shape index (κ2) is 6.47. The van der Waals surface area contributed by atoms with Crippen molar-refractivity contribution in [3.05, 3.63) is 0 Å². The Morgan fingerprint density at radius 3 is 2.67 bits per heavy atom. The minimum absolute atomic E-state index is 0.617. The Bertz CT molecular complexity index is 95.2. The van der Waals surface area contributed by atoms with Gasteiger partial charge in [0.15, 0.2) is 0 Å². The molecule has 1 saturated heterocycles. The Balaban J connectivity index is 1.81. The van der Waals surface area contributed by atoms with E-state index in [1.807, 2.05) is 0 Å². The average Bonchev–Trinajstić information content (AvgIpc) is 2.57. The molecule has 0 N–H and O–H groups in total. The molecule has 0 aliphatic carbocycles. The van der Waals surface area contributed by atoms with E-state index in [0.29, 0.717) is 6.10 Å². The quantitative estimate of drug-likeness (QED) is 0.554. The maximum Gasteiger partial charge on any atom is 0.0576 e. The molecule has 1 atom stereocenters. The summed E-state index contributed by atoms with van der Waals surface area (Å²) in [4.78, 5) is 0. The van der Waals surface area contributed by atoms with Gasteiger partial charge in [0.2, 0.25) is 0 Å². The van der Waals surface area contributed by atoms with E-state index >= 15 is 0 Å². The van der Waals surface area contributed by atoms with E-state index in [0.717, 1.165) is 6.61 Å². The molecule has 0 aromatic carbocycles. The van der Waals surface area contributed by atoms with Gasteiger partial charge in [-0.05, 0) is 19.3 Å². The van der Waals surface area contributed by atoms with Crippen LogP contribution in [0.3, 0.4) is 0 Å². The van der Waals surface area contributed by atoms with E-state index in [9.17, 15) is 0 Å². The number of unbranched alkanes of at least 4 members (excludes halogenated alkanes) is 4. The fourth-order valence-electron chi connectivity index (χ4n) is 1.85. The molecular formula is C11H22O. The lowest BCUT2D eigenvalue weighted by atomic mass is 10.1. The largest absolute Gasteiger partial charge is 0.378 e. The van der Waals surface area contributed by atoms with Gasteiger partial charge in [0.05, 0.1) is 6.10 Å². The molecule has 0 aromatic heterocycles. The zero-order valence-electron chi connectivity index (χ0n) is 8.35. The Kier molecular flexibility index (Phi) is 5.42. The fraction of sp³-hybridized carbons (Fsp3) is 1.00. The number of rotatable bonds is 6. The molecule has 1 rings (SSSR count). The SMILES string of the molecule is CCCCCCC[C@H]1CCCO1. The molecule has 1 fully saturated rings. The smallest absolute Gasteiger partial charge is 0.0576 e. The molecule has 12 heavy (non-hydrogen) atoms. The third-order valence-electron chi connectivity index (χ3n) is 2.65. The van der Waals surface area contributed by atoms with Crippen LogP contribution in [0.2, 0.25) is 0 Å². The van der Waals surface area contributed by atoms with Crippen molar-refractivity contribution in [1.82, 2.24) is 0 Å². The van der Waals surface area contributed by atoms with Crippen LogP contribution in [-0.2, 0) is 4.74 Å². The molecule has 1 nitrogen and oxygen atoms in total. The summed E-state index contributed by atoms with van der Waals surface area (Å²) in [6.45, 7) is 3.28. The molecule has 0 spiro atoms. The predicted molar refractivity (Wildman–Crippen MR) is 52.4 cm³/mol. The van der Waals surface area contributed by atoms with Crippen molar-refractivity contribution >= 4 is 0 Å². The Hall–Kier alpha value is -0.0400. The lowest BCUT2D eigenvalue weighted by molar-refractivity contribution is 0.102. The average molecular weight is 170 g/mol. The lowest BCUT2D eigenvalue weighted by Crippen LogP contribution is -2.03. The molecule has 72 valence electrons. The lowest BCUT2D eigenvalue weighted by Gasteiger charge is -2.07. The maximum atomic E-state index is 5.56. The van der Waals surface area contributed by atoms with Crippen molar-refractivity contribution in [3.63, 3.8) is 0 Å². The van der Waals surface area contributed by atoms with Crippen LogP contribution >= 0.6 is 0 Å². The van der Waals surface area contributed by atoms with Crippen molar-refractivity contribution in [2.45, 2.75) is 64.4 Å². The number of hydrogen-bond acceptors (Lipinski definition) is 1. The number of hydrogen-bond donors (Lipinski definition) is 0. The van der Waals surface area contributed by atoms with Crippen molar-refractivity contribution in [1.29, 1.82) is 0 Å². The Morgan fingerprint density at radius 2 is 2.00 bits per heavy atom. The van der Waals surface area contributed by atoms with E-state index in [4.69, 9.17) is 4.74 Å². The van der Waals surface area contributed by atoms with E-state index in [1.54, 1.807) is 0 Å². The second-order valence-corrected chi connectivity index (χ2v) is 3.84. The third kappa shape index (κ3) is 4.10. The van der Waals surface area contributed by atoms with Crippen LogP contribution in [0.5, 0.6) is 0 Å². The van der Waals surface area contributed by atoms with Crippen LogP contribution in [0, 0.1) is 0 Å². The Morgan fingerprint density at radius 1 is 1.17 bits per heavy atom. The van der Waals surface area contributed by atoms with Crippen molar-refractivity contribution < 1.29 is 4.74 Å². The van der Waals surface area contributed by atoms with Crippen LogP contribution < -0.4 is 0 Å². The first-order valence-electron chi connectivity index (χ1n) is 5.55. The van der Waals surface area contributed by atoms with Gasteiger partial charge in [-0.15, -0.1) is 0 Å². The maximum absolute atomic E-state index is 5.56. The van der Waals surface area contributed by atoms with Gasteiger partial charge in [-0.1, -0.05) is 39.0 Å². The van der Waals surface area contributed by atoms with Crippen molar-refractivity contribution in [2.75, 3.05) is 6.61 Å². The standard InChI is InChI=1S/C11H22O/c1-2-3-4-5-6-8-11-9-7-10-12-11/h11H,2-10H2,1H3/t11-/m0/s1. The Labute approximate surface area is 76.5 Å². The van der Waals surface area contributed by atoms with Gasteiger partial charge in [-0.25, -0.2) is 0 Å². The summed E-state index contributed by atoms with van der Waals surface area (Å²) in [5.74, 6) is 0. The summed E-state index contributed by atoms with van der Waals surface area (Å²) < 4.78 is 5.56. The van der Waals surface area contributed by atoms with Crippen molar-refractivity contribution in [3.8, 4) is 0 Å². The first kappa shape index (κ1) is 10.0. The molecule has 0 radical (unpaired) electrons. The van der Waals surface area contributed by atoms with Gasteiger partial charge >= 0.3 is 0 Å². The molecule has 0 amide bonds. The summed E-state index contributed by atoms with van der Waals surface area (Å²) in [6, 6.07) is 0. The molecule has 1 heteroatoms. The highest BCUT2D eigenvalue weighted by molar-refractivity contribution is 4.64. The highest BCUT2D eigenvalue weighted by atomic mass is 16.5. The highest BCUT2D eigenvalue weighted by Gasteiger charge is 2.13. The van der Waals surface area contributed by atoms with E-state index < -0.39 is 0 Å². The summed E-state index contributed by atoms with van der Waals surface area (Å²) in [5.41, 5.74) is 0. The van der Waals surface area contributed by atoms with Crippen LogP contribution in [0.25, 0.3) is 0 Å². The normalized spacial score (nSPS) is 23.2. The first-order valence-corrected chi connectivity index (χ1v) is 5.55. The molecule has 1 heterocycles.